The molecule has 1 heterocycles. The van der Waals surface area contributed by atoms with Crippen molar-refractivity contribution in [2.75, 3.05) is 17.2 Å². The van der Waals surface area contributed by atoms with Gasteiger partial charge in [-0.15, -0.1) is 0 Å². The number of nitrogens with zero attached hydrogens (tertiary/aromatic N) is 1. The average Bonchev–Trinajstić information content (AvgIpc) is 3.07. The highest BCUT2D eigenvalue weighted by Gasteiger charge is 2.34. The highest BCUT2D eigenvalue weighted by molar-refractivity contribution is 5.99. The standard InChI is InChI=1S/C19H20FN3O2/c1-13-7-9-15(10-8-13)22-19(25)23-11-3-6-17(23)18(24)21-16-5-2-4-14(20)12-16/h2,4-5,7-10,12,17H,3,6,11H2,1H3,(H,21,24)(H,22,25)/t17-/m0/s1. The second kappa shape index (κ2) is 7.34. The molecule has 25 heavy (non-hydrogen) atoms. The van der Waals surface area contributed by atoms with Gasteiger partial charge in [0.25, 0.3) is 0 Å². The van der Waals surface area contributed by atoms with E-state index in [4.69, 9.17) is 0 Å². The van der Waals surface area contributed by atoms with E-state index in [2.05, 4.69) is 10.6 Å². The van der Waals surface area contributed by atoms with Gasteiger partial charge in [0.1, 0.15) is 11.9 Å². The van der Waals surface area contributed by atoms with E-state index >= 15 is 0 Å². The molecule has 1 aliphatic heterocycles. The molecule has 5 nitrogen and oxygen atoms in total. The van der Waals surface area contributed by atoms with Gasteiger partial charge in [0.15, 0.2) is 0 Å². The highest BCUT2D eigenvalue weighted by Crippen LogP contribution is 2.21. The molecule has 0 radical (unpaired) electrons. The Bertz CT molecular complexity index is 776. The number of benzene rings is 2. The largest absolute Gasteiger partial charge is 0.324 e. The van der Waals surface area contributed by atoms with Gasteiger partial charge in [-0.05, 0) is 50.1 Å². The molecule has 1 saturated heterocycles. The van der Waals surface area contributed by atoms with Crippen molar-refractivity contribution in [3.8, 4) is 0 Å². The summed E-state index contributed by atoms with van der Waals surface area (Å²) in [5.41, 5.74) is 2.18. The second-order valence-corrected chi connectivity index (χ2v) is 6.15. The van der Waals surface area contributed by atoms with Crippen LogP contribution in [0.3, 0.4) is 0 Å². The zero-order valence-electron chi connectivity index (χ0n) is 14.0. The van der Waals surface area contributed by atoms with E-state index in [1.807, 2.05) is 31.2 Å². The third kappa shape index (κ3) is 4.15. The molecule has 2 aromatic rings. The van der Waals surface area contributed by atoms with Crippen molar-refractivity contribution in [3.63, 3.8) is 0 Å². The van der Waals surface area contributed by atoms with E-state index in [1.54, 1.807) is 6.07 Å². The Labute approximate surface area is 145 Å². The van der Waals surface area contributed by atoms with Crippen molar-refractivity contribution >= 4 is 23.3 Å². The predicted octanol–water partition coefficient (Wildman–Crippen LogP) is 3.77. The summed E-state index contributed by atoms with van der Waals surface area (Å²) in [7, 11) is 0. The van der Waals surface area contributed by atoms with E-state index < -0.39 is 11.9 Å². The monoisotopic (exact) mass is 341 g/mol. The third-order valence-electron chi connectivity index (χ3n) is 4.21. The summed E-state index contributed by atoms with van der Waals surface area (Å²) in [6.07, 6.45) is 1.34. The van der Waals surface area contributed by atoms with Crippen molar-refractivity contribution in [2.24, 2.45) is 0 Å². The molecule has 0 bridgehead atoms. The number of urea groups is 1. The fourth-order valence-electron chi connectivity index (χ4n) is 2.91. The minimum Gasteiger partial charge on any atom is -0.324 e. The quantitative estimate of drug-likeness (QED) is 0.893. The molecule has 2 aromatic carbocycles. The Morgan fingerprint density at radius 3 is 2.56 bits per heavy atom. The number of nitrogens with one attached hydrogen (secondary N) is 2. The number of anilines is 2. The summed E-state index contributed by atoms with van der Waals surface area (Å²) >= 11 is 0. The molecule has 3 amide bonds. The van der Waals surface area contributed by atoms with Crippen LogP contribution in [0.5, 0.6) is 0 Å². The molecular weight excluding hydrogens is 321 g/mol. The summed E-state index contributed by atoms with van der Waals surface area (Å²) in [5, 5.41) is 5.50. The minimum absolute atomic E-state index is 0.304. The lowest BCUT2D eigenvalue weighted by Crippen LogP contribution is -2.45. The van der Waals surface area contributed by atoms with E-state index in [-0.39, 0.29) is 11.9 Å². The highest BCUT2D eigenvalue weighted by atomic mass is 19.1. The van der Waals surface area contributed by atoms with Crippen LogP contribution in [0.2, 0.25) is 0 Å². The fourth-order valence-corrected chi connectivity index (χ4v) is 2.91. The van der Waals surface area contributed by atoms with Crippen LogP contribution in [-0.2, 0) is 4.79 Å². The fraction of sp³-hybridized carbons (Fsp3) is 0.263. The van der Waals surface area contributed by atoms with Crippen LogP contribution >= 0.6 is 0 Å². The number of amides is 3. The van der Waals surface area contributed by atoms with Gasteiger partial charge in [0, 0.05) is 17.9 Å². The SMILES string of the molecule is Cc1ccc(NC(=O)N2CCC[C@H]2C(=O)Nc2cccc(F)c2)cc1. The zero-order chi connectivity index (χ0) is 17.8. The van der Waals surface area contributed by atoms with E-state index in [9.17, 15) is 14.0 Å². The normalized spacial score (nSPS) is 16.6. The summed E-state index contributed by atoms with van der Waals surface area (Å²) < 4.78 is 13.2. The number of halogens is 1. The first kappa shape index (κ1) is 17.0. The third-order valence-corrected chi connectivity index (χ3v) is 4.21. The van der Waals surface area contributed by atoms with Crippen LogP contribution in [0.15, 0.2) is 48.5 Å². The number of rotatable bonds is 3. The molecule has 0 aromatic heterocycles. The number of carbonyl (C=O) groups is 2. The molecule has 1 atom stereocenters. The van der Waals surface area contributed by atoms with Gasteiger partial charge in [-0.1, -0.05) is 23.8 Å². The molecule has 130 valence electrons. The lowest BCUT2D eigenvalue weighted by Gasteiger charge is -2.24. The van der Waals surface area contributed by atoms with Crippen molar-refractivity contribution in [3.05, 3.63) is 59.9 Å². The van der Waals surface area contributed by atoms with Gasteiger partial charge in [-0.25, -0.2) is 9.18 Å². The maximum absolute atomic E-state index is 13.2. The molecule has 6 heteroatoms. The van der Waals surface area contributed by atoms with Gasteiger partial charge in [0.2, 0.25) is 5.91 Å². The Kier molecular flexibility index (Phi) is 4.97. The Balaban J connectivity index is 1.65. The van der Waals surface area contributed by atoms with Crippen LogP contribution in [0.25, 0.3) is 0 Å². The topological polar surface area (TPSA) is 61.4 Å². The summed E-state index contributed by atoms with van der Waals surface area (Å²) in [6.45, 7) is 2.48. The Morgan fingerprint density at radius 2 is 1.84 bits per heavy atom. The summed E-state index contributed by atoms with van der Waals surface area (Å²) in [4.78, 5) is 26.5. The van der Waals surface area contributed by atoms with E-state index in [0.717, 1.165) is 12.0 Å². The first-order chi connectivity index (χ1) is 12.0. The van der Waals surface area contributed by atoms with Crippen molar-refractivity contribution in [1.29, 1.82) is 0 Å². The maximum Gasteiger partial charge on any atom is 0.322 e. The van der Waals surface area contributed by atoms with Crippen molar-refractivity contribution < 1.29 is 14.0 Å². The Hall–Kier alpha value is -2.89. The van der Waals surface area contributed by atoms with Crippen LogP contribution in [-0.4, -0.2) is 29.4 Å². The zero-order valence-corrected chi connectivity index (χ0v) is 14.0. The molecule has 0 aliphatic carbocycles. The number of hydrogen-bond acceptors (Lipinski definition) is 2. The lowest BCUT2D eigenvalue weighted by atomic mass is 10.2. The summed E-state index contributed by atoms with van der Waals surface area (Å²) in [5.74, 6) is -0.722. The molecule has 1 fully saturated rings. The number of likely N-dealkylation sites (tertiary alicyclic amines) is 1. The van der Waals surface area contributed by atoms with Crippen molar-refractivity contribution in [2.45, 2.75) is 25.8 Å². The summed E-state index contributed by atoms with van der Waals surface area (Å²) in [6, 6.07) is 12.3. The average molecular weight is 341 g/mol. The van der Waals surface area contributed by atoms with Crippen LogP contribution in [0.4, 0.5) is 20.6 Å². The Morgan fingerprint density at radius 1 is 1.08 bits per heavy atom. The predicted molar refractivity (Wildman–Crippen MR) is 95.0 cm³/mol. The number of hydrogen-bond donors (Lipinski definition) is 2. The van der Waals surface area contributed by atoms with Gasteiger partial charge in [-0.3, -0.25) is 4.79 Å². The number of aryl methyl sites for hydroxylation is 1. The van der Waals surface area contributed by atoms with Gasteiger partial charge < -0.3 is 15.5 Å². The van der Waals surface area contributed by atoms with Crippen LogP contribution in [0, 0.1) is 12.7 Å². The number of carbonyl (C=O) groups excluding carboxylic acids is 2. The molecule has 0 unspecified atom stereocenters. The lowest BCUT2D eigenvalue weighted by molar-refractivity contribution is -0.119. The molecule has 0 spiro atoms. The van der Waals surface area contributed by atoms with Gasteiger partial charge >= 0.3 is 6.03 Å². The second-order valence-electron chi connectivity index (χ2n) is 6.15. The van der Waals surface area contributed by atoms with Crippen LogP contribution < -0.4 is 10.6 Å². The first-order valence-corrected chi connectivity index (χ1v) is 8.23. The van der Waals surface area contributed by atoms with E-state index in [0.29, 0.717) is 24.3 Å². The minimum atomic E-state index is -0.561. The smallest absolute Gasteiger partial charge is 0.322 e. The van der Waals surface area contributed by atoms with Crippen LogP contribution in [0.1, 0.15) is 18.4 Å². The molecular formula is C19H20FN3O2. The van der Waals surface area contributed by atoms with Gasteiger partial charge in [0.05, 0.1) is 0 Å². The van der Waals surface area contributed by atoms with Crippen molar-refractivity contribution in [1.82, 2.24) is 4.90 Å². The molecule has 2 N–H and O–H groups in total. The van der Waals surface area contributed by atoms with Gasteiger partial charge in [-0.2, -0.15) is 0 Å². The first-order valence-electron chi connectivity index (χ1n) is 8.23. The maximum atomic E-state index is 13.2. The molecule has 1 aliphatic rings. The van der Waals surface area contributed by atoms with E-state index in [1.165, 1.54) is 23.1 Å². The molecule has 0 saturated carbocycles. The molecule has 3 rings (SSSR count).